The zero-order valence-electron chi connectivity index (χ0n) is 16.0. The Bertz CT molecular complexity index is 1140. The monoisotopic (exact) mass is 418 g/mol. The van der Waals surface area contributed by atoms with E-state index in [0.29, 0.717) is 41.1 Å². The summed E-state index contributed by atoms with van der Waals surface area (Å²) in [6.45, 7) is 1.73. The molecule has 10 heteroatoms. The van der Waals surface area contributed by atoms with E-state index in [2.05, 4.69) is 20.3 Å². The molecule has 1 aliphatic rings. The van der Waals surface area contributed by atoms with E-state index in [4.69, 9.17) is 9.83 Å². The number of imidazole rings is 1. The molecule has 3 aromatic rings. The number of carbonyl (C=O) groups is 1. The van der Waals surface area contributed by atoms with Gasteiger partial charge in [-0.3, -0.25) is 10.2 Å². The van der Waals surface area contributed by atoms with E-state index in [9.17, 15) is 18.0 Å². The molecule has 2 aromatic heterocycles. The van der Waals surface area contributed by atoms with Gasteiger partial charge in [0.15, 0.2) is 12.0 Å². The lowest BCUT2D eigenvalue weighted by atomic mass is 10.1. The number of amides is 1. The third-order valence-electron chi connectivity index (χ3n) is 4.96. The van der Waals surface area contributed by atoms with Crippen molar-refractivity contribution in [1.82, 2.24) is 20.3 Å². The van der Waals surface area contributed by atoms with E-state index in [-0.39, 0.29) is 5.69 Å². The Morgan fingerprint density at radius 3 is 2.83 bits per heavy atom. The van der Waals surface area contributed by atoms with Gasteiger partial charge >= 0.3 is 6.18 Å². The predicted molar refractivity (Wildman–Crippen MR) is 102 cm³/mol. The van der Waals surface area contributed by atoms with E-state index in [1.165, 1.54) is 12.6 Å². The summed E-state index contributed by atoms with van der Waals surface area (Å²) in [4.78, 5) is 23.2. The minimum atomic E-state index is -4.48. The Morgan fingerprint density at radius 2 is 2.13 bits per heavy atom. The highest BCUT2D eigenvalue weighted by atomic mass is 19.4. The maximum atomic E-state index is 13.1. The molecule has 0 saturated heterocycles. The van der Waals surface area contributed by atoms with Crippen molar-refractivity contribution in [3.05, 3.63) is 53.9 Å². The van der Waals surface area contributed by atoms with Crippen molar-refractivity contribution in [1.29, 1.82) is 0 Å². The molecule has 4 N–H and O–H groups in total. The molecule has 1 amide bonds. The van der Waals surface area contributed by atoms with E-state index in [1.54, 1.807) is 31.2 Å². The van der Waals surface area contributed by atoms with Crippen LogP contribution >= 0.6 is 0 Å². The van der Waals surface area contributed by atoms with Crippen LogP contribution in [0.25, 0.3) is 16.7 Å². The first kappa shape index (κ1) is 19.9. The topological polar surface area (TPSA) is 109 Å². The van der Waals surface area contributed by atoms with Gasteiger partial charge in [-0.2, -0.15) is 13.2 Å². The molecule has 156 valence electrons. The van der Waals surface area contributed by atoms with Crippen LogP contribution in [0, 0.1) is 5.92 Å². The highest BCUT2D eigenvalue weighted by Crippen LogP contribution is 2.40. The summed E-state index contributed by atoms with van der Waals surface area (Å²) in [5.41, 5.74) is 3.02. The normalized spacial score (nSPS) is 15.9. The Hall–Kier alpha value is -3.43. The van der Waals surface area contributed by atoms with Crippen LogP contribution in [0.2, 0.25) is 0 Å². The number of aromatic nitrogens is 3. The van der Waals surface area contributed by atoms with Crippen LogP contribution in [0.1, 0.15) is 41.6 Å². The number of aromatic amines is 1. The molecule has 4 rings (SSSR count). The number of rotatable bonds is 6. The molecule has 2 heterocycles. The number of hydrogen-bond donors (Lipinski definition) is 3. The average Bonchev–Trinajstić information content (AvgIpc) is 3.20. The molecule has 0 aliphatic heterocycles. The second kappa shape index (κ2) is 7.43. The molecule has 0 spiro atoms. The van der Waals surface area contributed by atoms with Crippen molar-refractivity contribution in [2.75, 3.05) is 0 Å². The number of fused-ring (bicyclic) bond motifs is 1. The fourth-order valence-electron chi connectivity index (χ4n) is 3.17. The molecule has 1 aliphatic carbocycles. The van der Waals surface area contributed by atoms with Crippen LogP contribution in [0.15, 0.2) is 41.3 Å². The number of hydrogen-bond acceptors (Lipinski definition) is 4. The van der Waals surface area contributed by atoms with Gasteiger partial charge in [0.2, 0.25) is 5.71 Å². The van der Waals surface area contributed by atoms with Gasteiger partial charge in [0.1, 0.15) is 23.1 Å². The highest BCUT2D eigenvalue weighted by Gasteiger charge is 2.49. The molecule has 1 unspecified atom stereocenters. The minimum Gasteiger partial charge on any atom is -0.443 e. The van der Waals surface area contributed by atoms with E-state index in [1.807, 2.05) is 0 Å². The van der Waals surface area contributed by atoms with Crippen LogP contribution in [0.4, 0.5) is 13.2 Å². The van der Waals surface area contributed by atoms with Crippen molar-refractivity contribution in [3.63, 3.8) is 0 Å². The van der Waals surface area contributed by atoms with Crippen molar-refractivity contribution < 1.29 is 27.8 Å². The highest BCUT2D eigenvalue weighted by molar-refractivity contribution is 6.09. The molecular weight excluding hydrogens is 399 g/mol. The van der Waals surface area contributed by atoms with Crippen LogP contribution in [-0.2, 0) is 0 Å². The average molecular weight is 418 g/mol. The summed E-state index contributed by atoms with van der Waals surface area (Å²) in [5, 5.41) is 8.22. The number of oxazole rings is 1. The van der Waals surface area contributed by atoms with Gasteiger partial charge in [0, 0.05) is 11.6 Å². The Kier molecular flexibility index (Phi) is 4.92. The number of allylic oxidation sites excluding steroid dienone is 2. The number of benzene rings is 1. The van der Waals surface area contributed by atoms with Gasteiger partial charge in [0.25, 0.3) is 5.91 Å². The number of halogens is 3. The quantitative estimate of drug-likeness (QED) is 0.534. The molecule has 1 atom stereocenters. The molecule has 1 saturated carbocycles. The summed E-state index contributed by atoms with van der Waals surface area (Å²) in [7, 11) is 0. The first-order valence-corrected chi connectivity index (χ1v) is 9.29. The third kappa shape index (κ3) is 4.12. The third-order valence-corrected chi connectivity index (χ3v) is 4.96. The van der Waals surface area contributed by atoms with Crippen LogP contribution in [-0.4, -0.2) is 38.8 Å². The maximum Gasteiger partial charge on any atom is 0.408 e. The van der Waals surface area contributed by atoms with Gasteiger partial charge in [-0.25, -0.2) is 9.97 Å². The standard InChI is InChI=1S/C20H18F3N5O2/c1-10(6-13(24)12-4-5-16-14(7-12)26-9-30-16)18-25-8-15(27-18)19(29)28-17(11-2-3-11)20(21,22)23/h4-9,11,17,24H,2-3H2,1H3,(H,25,27)(H,28,29)/p+1/b10-6-,24-13?. The first-order valence-electron chi connectivity index (χ1n) is 9.29. The fraction of sp³-hybridized carbons (Fsp3) is 0.300. The first-order chi connectivity index (χ1) is 14.2. The second-order valence-electron chi connectivity index (χ2n) is 7.29. The van der Waals surface area contributed by atoms with Crippen LogP contribution in [0.5, 0.6) is 0 Å². The SMILES string of the molecule is C/C(=C/C(=[NH2+])c1ccc2ocnc2c1)c1ncc(C(=O)NC(C2CC2)C(F)(F)F)[nH]1. The van der Waals surface area contributed by atoms with Gasteiger partial charge in [-0.05, 0) is 49.5 Å². The zero-order chi connectivity index (χ0) is 21.5. The van der Waals surface area contributed by atoms with Gasteiger partial charge in [-0.1, -0.05) is 0 Å². The van der Waals surface area contributed by atoms with Crippen molar-refractivity contribution >= 4 is 28.3 Å². The Morgan fingerprint density at radius 1 is 1.37 bits per heavy atom. The van der Waals surface area contributed by atoms with E-state index < -0.39 is 24.0 Å². The van der Waals surface area contributed by atoms with Gasteiger partial charge < -0.3 is 14.7 Å². The van der Waals surface area contributed by atoms with Crippen LogP contribution in [0.3, 0.4) is 0 Å². The largest absolute Gasteiger partial charge is 0.443 e. The van der Waals surface area contributed by atoms with Gasteiger partial charge in [0.05, 0.1) is 6.20 Å². The summed E-state index contributed by atoms with van der Waals surface area (Å²) in [6, 6.07) is 3.46. The molecule has 1 fully saturated rings. The lowest BCUT2D eigenvalue weighted by Gasteiger charge is -2.20. The molecular formula is C20H19F3N5O2+. The number of carbonyl (C=O) groups excluding carboxylic acids is 1. The Labute approximate surface area is 168 Å². The minimum absolute atomic E-state index is 0.0461. The summed E-state index contributed by atoms with van der Waals surface area (Å²) in [6.07, 6.45) is 0.633. The lowest BCUT2D eigenvalue weighted by molar-refractivity contribution is -0.158. The Balaban J connectivity index is 1.48. The maximum absolute atomic E-state index is 13.1. The molecule has 1 aromatic carbocycles. The number of alkyl halides is 3. The van der Waals surface area contributed by atoms with E-state index >= 15 is 0 Å². The number of nitrogens with zero attached hydrogens (tertiary/aromatic N) is 2. The molecule has 0 radical (unpaired) electrons. The van der Waals surface area contributed by atoms with Crippen molar-refractivity contribution in [2.45, 2.75) is 32.0 Å². The molecule has 7 nitrogen and oxygen atoms in total. The predicted octanol–water partition coefficient (Wildman–Crippen LogP) is 2.27. The lowest BCUT2D eigenvalue weighted by Crippen LogP contribution is -2.47. The second-order valence-corrected chi connectivity index (χ2v) is 7.29. The zero-order valence-corrected chi connectivity index (χ0v) is 16.0. The number of nitrogens with one attached hydrogen (secondary N) is 2. The fourth-order valence-corrected chi connectivity index (χ4v) is 3.17. The molecule has 30 heavy (non-hydrogen) atoms. The number of nitrogens with two attached hydrogens (primary N) is 1. The summed E-state index contributed by atoms with van der Waals surface area (Å²) < 4.78 is 44.6. The van der Waals surface area contributed by atoms with Crippen molar-refractivity contribution in [3.8, 4) is 0 Å². The van der Waals surface area contributed by atoms with Gasteiger partial charge in [-0.15, -0.1) is 0 Å². The number of H-pyrrole nitrogens is 1. The smallest absolute Gasteiger partial charge is 0.408 e. The summed E-state index contributed by atoms with van der Waals surface area (Å²) in [5.74, 6) is -1.07. The van der Waals surface area contributed by atoms with E-state index in [0.717, 1.165) is 5.56 Å². The summed E-state index contributed by atoms with van der Waals surface area (Å²) >= 11 is 0. The van der Waals surface area contributed by atoms with Crippen LogP contribution < -0.4 is 10.7 Å². The molecule has 0 bridgehead atoms. The van der Waals surface area contributed by atoms with Crippen molar-refractivity contribution in [2.24, 2.45) is 5.92 Å².